The molecule has 0 N–H and O–H groups in total. The first-order chi connectivity index (χ1) is 19.4. The molecule has 4 aromatic rings. The summed E-state index contributed by atoms with van der Waals surface area (Å²) in [5.41, 5.74) is 4.53. The number of anilines is 1. The third-order valence-corrected chi connectivity index (χ3v) is 7.61. The van der Waals surface area contributed by atoms with Crippen molar-refractivity contribution < 1.29 is 9.59 Å². The van der Waals surface area contributed by atoms with E-state index >= 15 is 0 Å². The number of nitrogens with zero attached hydrogens (tertiary/aromatic N) is 5. The SMILES string of the molecule is Cc1ccc(-c2ccc(N3CCN(C(=O)CN(C(=O)c4ccc(Cl)cc4)C(C)c4ccccc4)CC3)nn2)cc1. The third-order valence-electron chi connectivity index (χ3n) is 7.36. The first kappa shape index (κ1) is 27.3. The van der Waals surface area contributed by atoms with Gasteiger partial charge < -0.3 is 14.7 Å². The molecular formula is C32H32ClN5O2. The van der Waals surface area contributed by atoms with Gasteiger partial charge in [0, 0.05) is 42.3 Å². The monoisotopic (exact) mass is 553 g/mol. The lowest BCUT2D eigenvalue weighted by atomic mass is 10.1. The fourth-order valence-corrected chi connectivity index (χ4v) is 4.98. The molecule has 0 saturated carbocycles. The minimum atomic E-state index is -0.281. The first-order valence-electron chi connectivity index (χ1n) is 13.4. The molecule has 7 nitrogen and oxygen atoms in total. The number of hydrogen-bond donors (Lipinski definition) is 0. The van der Waals surface area contributed by atoms with Crippen LogP contribution in [0.3, 0.4) is 0 Å². The minimum Gasteiger partial charge on any atom is -0.352 e. The molecule has 1 fully saturated rings. The Labute approximate surface area is 240 Å². The van der Waals surface area contributed by atoms with E-state index in [-0.39, 0.29) is 24.4 Å². The predicted molar refractivity (Wildman–Crippen MR) is 158 cm³/mol. The van der Waals surface area contributed by atoms with E-state index in [0.717, 1.165) is 22.6 Å². The molecule has 0 radical (unpaired) electrons. The van der Waals surface area contributed by atoms with Gasteiger partial charge in [0.1, 0.15) is 6.54 Å². The average Bonchev–Trinajstić information content (AvgIpc) is 3.00. The number of rotatable bonds is 7. The molecule has 3 aromatic carbocycles. The number of aryl methyl sites for hydroxylation is 1. The van der Waals surface area contributed by atoms with Crippen LogP contribution in [0.25, 0.3) is 11.3 Å². The Bertz CT molecular complexity index is 1440. The van der Waals surface area contributed by atoms with Crippen molar-refractivity contribution in [3.8, 4) is 11.3 Å². The zero-order chi connectivity index (χ0) is 28.1. The molecule has 1 aliphatic rings. The summed E-state index contributed by atoms with van der Waals surface area (Å²) >= 11 is 6.04. The van der Waals surface area contributed by atoms with Crippen molar-refractivity contribution in [3.05, 3.63) is 113 Å². The lowest BCUT2D eigenvalue weighted by molar-refractivity contribution is -0.132. The van der Waals surface area contributed by atoms with E-state index in [1.807, 2.05) is 66.4 Å². The highest BCUT2D eigenvalue weighted by atomic mass is 35.5. The number of halogens is 1. The molecule has 0 bridgehead atoms. The summed E-state index contributed by atoms with van der Waals surface area (Å²) < 4.78 is 0. The second-order valence-corrected chi connectivity index (χ2v) is 10.5. The summed E-state index contributed by atoms with van der Waals surface area (Å²) in [4.78, 5) is 32.6. The van der Waals surface area contributed by atoms with Crippen LogP contribution in [0.4, 0.5) is 5.82 Å². The molecule has 204 valence electrons. The van der Waals surface area contributed by atoms with Crippen molar-refractivity contribution in [2.75, 3.05) is 37.6 Å². The van der Waals surface area contributed by atoms with Gasteiger partial charge in [0.05, 0.1) is 11.7 Å². The van der Waals surface area contributed by atoms with E-state index in [1.54, 1.807) is 29.2 Å². The number of amides is 2. The Balaban J connectivity index is 1.24. The topological polar surface area (TPSA) is 69.6 Å². The number of benzene rings is 3. The Kier molecular flexibility index (Phi) is 8.41. The van der Waals surface area contributed by atoms with E-state index in [4.69, 9.17) is 11.6 Å². The van der Waals surface area contributed by atoms with Crippen LogP contribution in [0.2, 0.25) is 5.02 Å². The summed E-state index contributed by atoms with van der Waals surface area (Å²) in [6.07, 6.45) is 0. The highest BCUT2D eigenvalue weighted by Gasteiger charge is 2.29. The van der Waals surface area contributed by atoms with Crippen molar-refractivity contribution in [3.63, 3.8) is 0 Å². The maximum absolute atomic E-state index is 13.6. The number of piperazine rings is 1. The summed E-state index contributed by atoms with van der Waals surface area (Å²) in [7, 11) is 0. The largest absolute Gasteiger partial charge is 0.352 e. The number of hydrogen-bond acceptors (Lipinski definition) is 5. The van der Waals surface area contributed by atoms with Crippen molar-refractivity contribution in [1.29, 1.82) is 0 Å². The van der Waals surface area contributed by atoms with Gasteiger partial charge in [0.2, 0.25) is 5.91 Å². The van der Waals surface area contributed by atoms with E-state index in [1.165, 1.54) is 5.56 Å². The van der Waals surface area contributed by atoms with Crippen LogP contribution < -0.4 is 4.90 Å². The minimum absolute atomic E-state index is 0.0113. The molecule has 2 heterocycles. The molecule has 1 unspecified atom stereocenters. The molecule has 8 heteroatoms. The standard InChI is InChI=1S/C32H32ClN5O2/c1-23-8-10-26(11-9-23)29-16-17-30(35-34-29)36-18-20-37(21-19-36)31(39)22-38(24(2)25-6-4-3-5-7-25)32(40)27-12-14-28(33)15-13-27/h3-17,24H,18-22H2,1-2H3. The summed E-state index contributed by atoms with van der Waals surface area (Å²) in [6.45, 7) is 6.37. The van der Waals surface area contributed by atoms with Gasteiger partial charge in [-0.1, -0.05) is 71.8 Å². The van der Waals surface area contributed by atoms with Crippen LogP contribution >= 0.6 is 11.6 Å². The van der Waals surface area contributed by atoms with Crippen LogP contribution in [0, 0.1) is 6.92 Å². The van der Waals surface area contributed by atoms with Crippen molar-refractivity contribution in [1.82, 2.24) is 20.0 Å². The molecule has 0 spiro atoms. The van der Waals surface area contributed by atoms with Crippen molar-refractivity contribution in [2.24, 2.45) is 0 Å². The molecule has 1 atom stereocenters. The van der Waals surface area contributed by atoms with Crippen LogP contribution in [0.1, 0.15) is 34.5 Å². The zero-order valence-corrected chi connectivity index (χ0v) is 23.5. The highest BCUT2D eigenvalue weighted by Crippen LogP contribution is 2.24. The molecule has 2 amide bonds. The lowest BCUT2D eigenvalue weighted by Crippen LogP contribution is -2.52. The first-order valence-corrected chi connectivity index (χ1v) is 13.8. The Hall–Kier alpha value is -4.23. The highest BCUT2D eigenvalue weighted by molar-refractivity contribution is 6.30. The average molecular weight is 554 g/mol. The molecule has 0 aliphatic carbocycles. The Morgan fingerprint density at radius 1 is 0.850 bits per heavy atom. The van der Waals surface area contributed by atoms with E-state index in [0.29, 0.717) is 36.8 Å². The third kappa shape index (κ3) is 6.32. The zero-order valence-electron chi connectivity index (χ0n) is 22.7. The maximum Gasteiger partial charge on any atom is 0.254 e. The molecule has 1 saturated heterocycles. The quantitative estimate of drug-likeness (QED) is 0.295. The molecule has 1 aromatic heterocycles. The summed E-state index contributed by atoms with van der Waals surface area (Å²) in [6, 6.07) is 28.4. The number of carbonyl (C=O) groups is 2. The van der Waals surface area contributed by atoms with E-state index in [9.17, 15) is 9.59 Å². The van der Waals surface area contributed by atoms with Gasteiger partial charge in [-0.05, 0) is 55.8 Å². The summed E-state index contributed by atoms with van der Waals surface area (Å²) in [5, 5.41) is 9.43. The van der Waals surface area contributed by atoms with Crippen molar-refractivity contribution in [2.45, 2.75) is 19.9 Å². The Morgan fingerprint density at radius 2 is 1.52 bits per heavy atom. The number of aromatic nitrogens is 2. The van der Waals surface area contributed by atoms with Gasteiger partial charge in [-0.2, -0.15) is 0 Å². The van der Waals surface area contributed by atoms with Crippen LogP contribution in [0.5, 0.6) is 0 Å². The van der Waals surface area contributed by atoms with Gasteiger partial charge in [-0.25, -0.2) is 0 Å². The predicted octanol–water partition coefficient (Wildman–Crippen LogP) is 5.66. The fraction of sp³-hybridized carbons (Fsp3) is 0.250. The molecule has 40 heavy (non-hydrogen) atoms. The maximum atomic E-state index is 13.6. The fourth-order valence-electron chi connectivity index (χ4n) is 4.86. The van der Waals surface area contributed by atoms with E-state index in [2.05, 4.69) is 34.2 Å². The molecule has 5 rings (SSSR count). The lowest BCUT2D eigenvalue weighted by Gasteiger charge is -2.37. The second kappa shape index (κ2) is 12.3. The van der Waals surface area contributed by atoms with Gasteiger partial charge in [-0.15, -0.1) is 10.2 Å². The second-order valence-electron chi connectivity index (χ2n) is 10.0. The van der Waals surface area contributed by atoms with Crippen LogP contribution in [0.15, 0.2) is 91.0 Å². The summed E-state index contributed by atoms with van der Waals surface area (Å²) in [5.74, 6) is 0.509. The Morgan fingerprint density at radius 3 is 2.15 bits per heavy atom. The smallest absolute Gasteiger partial charge is 0.254 e. The number of carbonyl (C=O) groups excluding carboxylic acids is 2. The van der Waals surface area contributed by atoms with Gasteiger partial charge in [0.25, 0.3) is 5.91 Å². The van der Waals surface area contributed by atoms with Crippen LogP contribution in [-0.2, 0) is 4.79 Å². The molecule has 1 aliphatic heterocycles. The van der Waals surface area contributed by atoms with Gasteiger partial charge in [0.15, 0.2) is 5.82 Å². The van der Waals surface area contributed by atoms with Gasteiger partial charge >= 0.3 is 0 Å². The van der Waals surface area contributed by atoms with Crippen molar-refractivity contribution >= 4 is 29.2 Å². The van der Waals surface area contributed by atoms with Gasteiger partial charge in [-0.3, -0.25) is 9.59 Å². The normalized spacial score (nSPS) is 14.1. The van der Waals surface area contributed by atoms with Crippen LogP contribution in [-0.4, -0.2) is 64.5 Å². The molecular weight excluding hydrogens is 522 g/mol. The van der Waals surface area contributed by atoms with E-state index < -0.39 is 0 Å².